The van der Waals surface area contributed by atoms with E-state index in [-0.39, 0.29) is 24.4 Å². The fourth-order valence-electron chi connectivity index (χ4n) is 2.90. The number of benzene rings is 1. The number of hydrogen-bond acceptors (Lipinski definition) is 7. The molecule has 1 aromatic carbocycles. The Morgan fingerprint density at radius 1 is 0.857 bits per heavy atom. The summed E-state index contributed by atoms with van der Waals surface area (Å²) < 4.78 is 0. The summed E-state index contributed by atoms with van der Waals surface area (Å²) in [6.07, 6.45) is -0.372. The summed E-state index contributed by atoms with van der Waals surface area (Å²) in [5, 5.41) is 29.4. The van der Waals surface area contributed by atoms with Gasteiger partial charge in [0, 0.05) is 24.2 Å². The molecule has 0 bridgehead atoms. The van der Waals surface area contributed by atoms with Gasteiger partial charge in [-0.1, -0.05) is 13.8 Å². The second-order valence-electron chi connectivity index (χ2n) is 8.40. The Kier molecular flexibility index (Phi) is 11.3. The fourth-order valence-corrected chi connectivity index (χ4v) is 2.90. The van der Waals surface area contributed by atoms with Gasteiger partial charge in [0.1, 0.15) is 18.1 Å². The summed E-state index contributed by atoms with van der Waals surface area (Å²) in [7, 11) is 0. The molecule has 35 heavy (non-hydrogen) atoms. The lowest BCUT2D eigenvalue weighted by Gasteiger charge is -2.23. The first-order chi connectivity index (χ1) is 16.3. The Morgan fingerprint density at radius 2 is 1.40 bits per heavy atom. The minimum atomic E-state index is -1.14. The van der Waals surface area contributed by atoms with Crippen LogP contribution in [0, 0.1) is 16.0 Å². The van der Waals surface area contributed by atoms with Crippen LogP contribution >= 0.6 is 0 Å². The van der Waals surface area contributed by atoms with Crippen LogP contribution in [0.25, 0.3) is 0 Å². The van der Waals surface area contributed by atoms with E-state index in [1.165, 1.54) is 38.1 Å². The van der Waals surface area contributed by atoms with Crippen LogP contribution in [0.3, 0.4) is 0 Å². The summed E-state index contributed by atoms with van der Waals surface area (Å²) in [5.74, 6) is -3.55. The Hall–Kier alpha value is -4.03. The molecule has 4 amide bonds. The lowest BCUT2D eigenvalue weighted by Crippen LogP contribution is -2.54. The second-order valence-corrected chi connectivity index (χ2v) is 8.40. The van der Waals surface area contributed by atoms with E-state index in [0.717, 1.165) is 0 Å². The van der Waals surface area contributed by atoms with Gasteiger partial charge in [-0.3, -0.25) is 34.1 Å². The number of amides is 4. The molecule has 0 spiro atoms. The van der Waals surface area contributed by atoms with Gasteiger partial charge in [0.15, 0.2) is 0 Å². The van der Waals surface area contributed by atoms with Crippen molar-refractivity contribution >= 4 is 41.0 Å². The van der Waals surface area contributed by atoms with Gasteiger partial charge in [0.2, 0.25) is 23.6 Å². The number of aliphatic carboxylic acids is 1. The quantitative estimate of drug-likeness (QED) is 0.197. The van der Waals surface area contributed by atoms with Crippen molar-refractivity contribution in [1.29, 1.82) is 0 Å². The SMILES string of the molecule is CC(C)C[C@H](NC(=O)[C@H](C)NC(=O)[C@H](C)NC(=O)CCC(=O)O)C(=O)Nc1ccc([N+](=O)[O-])cc1. The van der Waals surface area contributed by atoms with Crippen LogP contribution in [-0.2, 0) is 24.0 Å². The number of carboxylic acids is 1. The topological polar surface area (TPSA) is 197 Å². The van der Waals surface area contributed by atoms with Crippen molar-refractivity contribution in [2.24, 2.45) is 5.92 Å². The van der Waals surface area contributed by atoms with Crippen LogP contribution in [-0.4, -0.2) is 57.8 Å². The molecule has 192 valence electrons. The second kappa shape index (κ2) is 13.6. The molecule has 0 saturated carbocycles. The smallest absolute Gasteiger partial charge is 0.303 e. The molecule has 3 atom stereocenters. The lowest BCUT2D eigenvalue weighted by molar-refractivity contribution is -0.384. The Labute approximate surface area is 202 Å². The van der Waals surface area contributed by atoms with Crippen LogP contribution < -0.4 is 21.3 Å². The van der Waals surface area contributed by atoms with Crippen molar-refractivity contribution in [2.75, 3.05) is 5.32 Å². The highest BCUT2D eigenvalue weighted by Crippen LogP contribution is 2.16. The van der Waals surface area contributed by atoms with E-state index < -0.39 is 52.6 Å². The number of carbonyl (C=O) groups excluding carboxylic acids is 4. The van der Waals surface area contributed by atoms with E-state index >= 15 is 0 Å². The molecular weight excluding hydrogens is 462 g/mol. The van der Waals surface area contributed by atoms with Crippen LogP contribution in [0.15, 0.2) is 24.3 Å². The number of carbonyl (C=O) groups is 5. The van der Waals surface area contributed by atoms with Gasteiger partial charge in [-0.05, 0) is 38.3 Å². The van der Waals surface area contributed by atoms with E-state index in [9.17, 15) is 34.1 Å². The maximum atomic E-state index is 12.7. The molecule has 0 aliphatic rings. The highest BCUT2D eigenvalue weighted by Gasteiger charge is 2.26. The van der Waals surface area contributed by atoms with Crippen molar-refractivity contribution in [2.45, 2.75) is 65.1 Å². The third kappa shape index (κ3) is 10.6. The van der Waals surface area contributed by atoms with Crippen LogP contribution in [0.5, 0.6) is 0 Å². The average molecular weight is 494 g/mol. The number of nitrogens with one attached hydrogen (secondary N) is 4. The number of nitrogens with zero attached hydrogens (tertiary/aromatic N) is 1. The predicted octanol–water partition coefficient (Wildman–Crippen LogP) is 0.938. The third-order valence-corrected chi connectivity index (χ3v) is 4.77. The van der Waals surface area contributed by atoms with Gasteiger partial charge < -0.3 is 26.4 Å². The van der Waals surface area contributed by atoms with Crippen molar-refractivity contribution in [3.63, 3.8) is 0 Å². The molecule has 1 rings (SSSR count). The molecule has 0 aliphatic heterocycles. The van der Waals surface area contributed by atoms with Gasteiger partial charge in [-0.15, -0.1) is 0 Å². The zero-order chi connectivity index (χ0) is 26.7. The molecule has 0 fully saturated rings. The van der Waals surface area contributed by atoms with Gasteiger partial charge in [-0.25, -0.2) is 0 Å². The molecular formula is C22H31N5O8. The Morgan fingerprint density at radius 3 is 1.91 bits per heavy atom. The van der Waals surface area contributed by atoms with Gasteiger partial charge in [-0.2, -0.15) is 0 Å². The van der Waals surface area contributed by atoms with Crippen LogP contribution in [0.2, 0.25) is 0 Å². The zero-order valence-electron chi connectivity index (χ0n) is 20.0. The summed E-state index contributed by atoms with van der Waals surface area (Å²) in [5.41, 5.74) is 0.185. The molecule has 0 radical (unpaired) electrons. The number of non-ortho nitro benzene ring substituents is 1. The molecule has 13 nitrogen and oxygen atoms in total. The molecule has 1 aromatic rings. The number of carboxylic acid groups (broad SMARTS) is 1. The first kappa shape index (κ1) is 29.0. The standard InChI is InChI=1S/C22H31N5O8/c1-12(2)11-17(22(33)25-15-5-7-16(8-6-15)27(34)35)26-21(32)14(4)24-20(31)13(3)23-18(28)9-10-19(29)30/h5-8,12-14,17H,9-11H2,1-4H3,(H,23,28)(H,24,31)(H,25,33)(H,26,32)(H,29,30)/t13-,14-,17-/m0/s1. The van der Waals surface area contributed by atoms with Crippen LogP contribution in [0.1, 0.15) is 47.0 Å². The Balaban J connectivity index is 2.71. The maximum Gasteiger partial charge on any atom is 0.303 e. The largest absolute Gasteiger partial charge is 0.481 e. The van der Waals surface area contributed by atoms with Crippen molar-refractivity contribution in [1.82, 2.24) is 16.0 Å². The number of hydrogen-bond donors (Lipinski definition) is 5. The van der Waals surface area contributed by atoms with E-state index in [0.29, 0.717) is 12.1 Å². The monoisotopic (exact) mass is 493 g/mol. The highest BCUT2D eigenvalue weighted by molar-refractivity contribution is 5.98. The summed E-state index contributed by atoms with van der Waals surface area (Å²) in [6.45, 7) is 6.52. The summed E-state index contributed by atoms with van der Waals surface area (Å²) in [6, 6.07) is 2.24. The number of nitro benzene ring substituents is 1. The summed E-state index contributed by atoms with van der Waals surface area (Å²) >= 11 is 0. The van der Waals surface area contributed by atoms with Crippen molar-refractivity contribution in [3.05, 3.63) is 34.4 Å². The highest BCUT2D eigenvalue weighted by atomic mass is 16.6. The van der Waals surface area contributed by atoms with Crippen LogP contribution in [0.4, 0.5) is 11.4 Å². The van der Waals surface area contributed by atoms with E-state index in [1.54, 1.807) is 0 Å². The zero-order valence-corrected chi connectivity index (χ0v) is 20.0. The van der Waals surface area contributed by atoms with E-state index in [4.69, 9.17) is 5.11 Å². The third-order valence-electron chi connectivity index (χ3n) is 4.77. The molecule has 0 saturated heterocycles. The number of rotatable bonds is 13. The average Bonchev–Trinajstić information content (AvgIpc) is 2.76. The molecule has 5 N–H and O–H groups in total. The normalized spacial score (nSPS) is 13.2. The number of anilines is 1. The fraction of sp³-hybridized carbons (Fsp3) is 0.500. The lowest BCUT2D eigenvalue weighted by atomic mass is 10.0. The first-order valence-electron chi connectivity index (χ1n) is 11.0. The molecule has 0 aliphatic carbocycles. The summed E-state index contributed by atoms with van der Waals surface area (Å²) in [4.78, 5) is 70.1. The maximum absolute atomic E-state index is 12.7. The van der Waals surface area contributed by atoms with Crippen molar-refractivity contribution < 1.29 is 34.0 Å². The van der Waals surface area contributed by atoms with Gasteiger partial charge >= 0.3 is 5.97 Å². The molecule has 13 heteroatoms. The molecule has 0 unspecified atom stereocenters. The predicted molar refractivity (Wildman–Crippen MR) is 125 cm³/mol. The molecule has 0 heterocycles. The minimum absolute atomic E-state index is 0.0360. The number of nitro groups is 1. The van der Waals surface area contributed by atoms with Gasteiger partial charge in [0.05, 0.1) is 11.3 Å². The minimum Gasteiger partial charge on any atom is -0.481 e. The van der Waals surface area contributed by atoms with E-state index in [1.807, 2.05) is 13.8 Å². The van der Waals surface area contributed by atoms with Gasteiger partial charge in [0.25, 0.3) is 5.69 Å². The van der Waals surface area contributed by atoms with Crippen molar-refractivity contribution in [3.8, 4) is 0 Å². The Bertz CT molecular complexity index is 948. The molecule has 0 aromatic heterocycles. The first-order valence-corrected chi connectivity index (χ1v) is 11.0. The van der Waals surface area contributed by atoms with E-state index in [2.05, 4.69) is 21.3 Å².